The third-order valence-corrected chi connectivity index (χ3v) is 4.24. The molecule has 25 heavy (non-hydrogen) atoms. The van der Waals surface area contributed by atoms with E-state index in [2.05, 4.69) is 5.32 Å². The lowest BCUT2D eigenvalue weighted by molar-refractivity contribution is -0.136. The summed E-state index contributed by atoms with van der Waals surface area (Å²) in [7, 11) is 0. The highest BCUT2D eigenvalue weighted by molar-refractivity contribution is 6.30. The van der Waals surface area contributed by atoms with E-state index >= 15 is 0 Å². The van der Waals surface area contributed by atoms with E-state index in [1.165, 1.54) is 0 Å². The van der Waals surface area contributed by atoms with Gasteiger partial charge in [0.05, 0.1) is 18.9 Å². The van der Waals surface area contributed by atoms with E-state index in [1.807, 2.05) is 0 Å². The van der Waals surface area contributed by atoms with E-state index in [9.17, 15) is 9.59 Å². The van der Waals surface area contributed by atoms with E-state index < -0.39 is 0 Å². The molecule has 0 aliphatic carbocycles. The van der Waals surface area contributed by atoms with Crippen molar-refractivity contribution in [1.82, 2.24) is 10.2 Å². The Hall–Kier alpha value is -1.50. The first kappa shape index (κ1) is 21.5. The first-order valence-electron chi connectivity index (χ1n) is 8.24. The van der Waals surface area contributed by atoms with Crippen molar-refractivity contribution >= 4 is 35.8 Å². The van der Waals surface area contributed by atoms with Crippen LogP contribution in [0.1, 0.15) is 19.3 Å². The number of ether oxygens (including phenoxy) is 1. The molecule has 2 rings (SSSR count). The molecule has 1 fully saturated rings. The smallest absolute Gasteiger partial charge is 0.226 e. The first-order chi connectivity index (χ1) is 11.6. The van der Waals surface area contributed by atoms with Gasteiger partial charge in [0.2, 0.25) is 11.8 Å². The van der Waals surface area contributed by atoms with E-state index in [4.69, 9.17) is 22.1 Å². The number of rotatable bonds is 7. The van der Waals surface area contributed by atoms with Crippen LogP contribution in [0.15, 0.2) is 24.3 Å². The van der Waals surface area contributed by atoms with Crippen LogP contribution in [-0.4, -0.2) is 49.5 Å². The van der Waals surface area contributed by atoms with Crippen molar-refractivity contribution in [2.75, 3.05) is 32.8 Å². The number of hydrogen-bond acceptors (Lipinski definition) is 4. The molecular weight excluding hydrogens is 365 g/mol. The highest BCUT2D eigenvalue weighted by Crippen LogP contribution is 2.18. The van der Waals surface area contributed by atoms with Gasteiger partial charge in [0.1, 0.15) is 5.75 Å². The summed E-state index contributed by atoms with van der Waals surface area (Å²) in [4.78, 5) is 26.1. The Morgan fingerprint density at radius 3 is 2.72 bits per heavy atom. The fraction of sp³-hybridized carbons (Fsp3) is 0.529. The van der Waals surface area contributed by atoms with Crippen LogP contribution in [0, 0.1) is 5.92 Å². The Bertz CT molecular complexity index is 555. The van der Waals surface area contributed by atoms with Crippen molar-refractivity contribution in [3.05, 3.63) is 29.3 Å². The molecule has 0 radical (unpaired) electrons. The predicted octanol–water partition coefficient (Wildman–Crippen LogP) is 1.84. The minimum Gasteiger partial charge on any atom is -0.493 e. The normalized spacial score (nSPS) is 16.7. The van der Waals surface area contributed by atoms with Crippen LogP contribution in [-0.2, 0) is 9.59 Å². The fourth-order valence-electron chi connectivity index (χ4n) is 2.70. The van der Waals surface area contributed by atoms with Crippen molar-refractivity contribution in [3.8, 4) is 5.75 Å². The summed E-state index contributed by atoms with van der Waals surface area (Å²) in [6, 6.07) is 7.03. The molecule has 1 saturated heterocycles. The molecule has 0 saturated carbocycles. The Morgan fingerprint density at radius 2 is 2.04 bits per heavy atom. The second kappa shape index (κ2) is 11.2. The molecular formula is C17H25Cl2N3O3. The fourth-order valence-corrected chi connectivity index (χ4v) is 2.83. The van der Waals surface area contributed by atoms with Gasteiger partial charge in [-0.15, -0.1) is 12.4 Å². The topological polar surface area (TPSA) is 84.7 Å². The molecule has 1 aliphatic rings. The standard InChI is InChI=1S/C17H24ClN3O3.ClH/c18-14-3-5-15(6-4-14)24-11-7-16(22)21-10-1-2-13(12-21)17(23)20-9-8-19;/h3-6,13H,1-2,7-12,19H2,(H,20,23);1H. The highest BCUT2D eigenvalue weighted by atomic mass is 35.5. The van der Waals surface area contributed by atoms with Gasteiger partial charge < -0.3 is 20.7 Å². The zero-order valence-electron chi connectivity index (χ0n) is 14.1. The van der Waals surface area contributed by atoms with Crippen molar-refractivity contribution in [2.24, 2.45) is 11.7 Å². The van der Waals surface area contributed by atoms with Gasteiger partial charge in [0, 0.05) is 31.2 Å². The zero-order valence-corrected chi connectivity index (χ0v) is 15.7. The number of benzene rings is 1. The summed E-state index contributed by atoms with van der Waals surface area (Å²) in [5.74, 6) is 0.534. The summed E-state index contributed by atoms with van der Waals surface area (Å²) >= 11 is 5.81. The van der Waals surface area contributed by atoms with Crippen LogP contribution >= 0.6 is 24.0 Å². The maximum absolute atomic E-state index is 12.3. The number of carbonyl (C=O) groups excluding carboxylic acids is 2. The lowest BCUT2D eigenvalue weighted by Gasteiger charge is -2.32. The van der Waals surface area contributed by atoms with Crippen LogP contribution in [0.4, 0.5) is 0 Å². The molecule has 6 nitrogen and oxygen atoms in total. The highest BCUT2D eigenvalue weighted by Gasteiger charge is 2.27. The number of halogens is 2. The Labute approximate surface area is 159 Å². The van der Waals surface area contributed by atoms with Crippen LogP contribution in [0.25, 0.3) is 0 Å². The lowest BCUT2D eigenvalue weighted by atomic mass is 9.97. The molecule has 1 aromatic rings. The number of nitrogens with two attached hydrogens (primary N) is 1. The van der Waals surface area contributed by atoms with Gasteiger partial charge in [0.25, 0.3) is 0 Å². The number of carbonyl (C=O) groups is 2. The molecule has 1 atom stereocenters. The van der Waals surface area contributed by atoms with Crippen LogP contribution in [0.3, 0.4) is 0 Å². The minimum atomic E-state index is -0.147. The van der Waals surface area contributed by atoms with Gasteiger partial charge >= 0.3 is 0 Å². The number of nitrogens with one attached hydrogen (secondary N) is 1. The maximum Gasteiger partial charge on any atom is 0.226 e. The van der Waals surface area contributed by atoms with E-state index in [0.717, 1.165) is 12.8 Å². The lowest BCUT2D eigenvalue weighted by Crippen LogP contribution is -2.46. The van der Waals surface area contributed by atoms with Crippen LogP contribution < -0.4 is 15.8 Å². The molecule has 1 unspecified atom stereocenters. The minimum absolute atomic E-state index is 0. The zero-order chi connectivity index (χ0) is 17.4. The molecule has 2 amide bonds. The second-order valence-electron chi connectivity index (χ2n) is 5.81. The summed E-state index contributed by atoms with van der Waals surface area (Å²) in [5.41, 5.74) is 5.39. The van der Waals surface area contributed by atoms with E-state index in [1.54, 1.807) is 29.2 Å². The first-order valence-corrected chi connectivity index (χ1v) is 8.62. The van der Waals surface area contributed by atoms with Crippen molar-refractivity contribution in [2.45, 2.75) is 19.3 Å². The van der Waals surface area contributed by atoms with Gasteiger partial charge in [0.15, 0.2) is 0 Å². The maximum atomic E-state index is 12.3. The largest absolute Gasteiger partial charge is 0.493 e. The Balaban J connectivity index is 0.00000312. The van der Waals surface area contributed by atoms with Gasteiger partial charge in [-0.25, -0.2) is 0 Å². The molecule has 140 valence electrons. The SMILES string of the molecule is Cl.NCCNC(=O)C1CCCN(C(=O)CCOc2ccc(Cl)cc2)C1. The van der Waals surface area contributed by atoms with Gasteiger partial charge in [-0.1, -0.05) is 11.6 Å². The molecule has 3 N–H and O–H groups in total. The molecule has 1 aromatic carbocycles. The average molecular weight is 390 g/mol. The number of nitrogens with zero attached hydrogens (tertiary/aromatic N) is 1. The molecule has 1 heterocycles. The van der Waals surface area contributed by atoms with Crippen molar-refractivity contribution < 1.29 is 14.3 Å². The van der Waals surface area contributed by atoms with Gasteiger partial charge in [-0.2, -0.15) is 0 Å². The summed E-state index contributed by atoms with van der Waals surface area (Å²) < 4.78 is 5.55. The molecule has 8 heteroatoms. The average Bonchev–Trinajstić information content (AvgIpc) is 2.61. The third-order valence-electron chi connectivity index (χ3n) is 3.99. The van der Waals surface area contributed by atoms with E-state index in [0.29, 0.717) is 50.0 Å². The predicted molar refractivity (Wildman–Crippen MR) is 100 cm³/mol. The molecule has 0 spiro atoms. The van der Waals surface area contributed by atoms with Crippen LogP contribution in [0.2, 0.25) is 5.02 Å². The number of piperidine rings is 1. The quantitative estimate of drug-likeness (QED) is 0.744. The summed E-state index contributed by atoms with van der Waals surface area (Å²) in [6.45, 7) is 2.36. The molecule has 0 bridgehead atoms. The summed E-state index contributed by atoms with van der Waals surface area (Å²) in [5, 5.41) is 3.44. The van der Waals surface area contributed by atoms with Crippen molar-refractivity contribution in [3.63, 3.8) is 0 Å². The van der Waals surface area contributed by atoms with Crippen molar-refractivity contribution in [1.29, 1.82) is 0 Å². The number of hydrogen-bond donors (Lipinski definition) is 2. The van der Waals surface area contributed by atoms with Gasteiger partial charge in [-0.05, 0) is 37.1 Å². The van der Waals surface area contributed by atoms with Crippen LogP contribution in [0.5, 0.6) is 5.75 Å². The Kier molecular flexibility index (Phi) is 9.63. The number of likely N-dealkylation sites (tertiary alicyclic amines) is 1. The number of amides is 2. The molecule has 0 aromatic heterocycles. The second-order valence-corrected chi connectivity index (χ2v) is 6.25. The molecule has 1 aliphatic heterocycles. The van der Waals surface area contributed by atoms with E-state index in [-0.39, 0.29) is 30.1 Å². The summed E-state index contributed by atoms with van der Waals surface area (Å²) in [6.07, 6.45) is 1.94. The monoisotopic (exact) mass is 389 g/mol. The van der Waals surface area contributed by atoms with Gasteiger partial charge in [-0.3, -0.25) is 9.59 Å². The Morgan fingerprint density at radius 1 is 1.32 bits per heavy atom. The third kappa shape index (κ3) is 7.10.